The second kappa shape index (κ2) is 4.12. The van der Waals surface area contributed by atoms with E-state index in [1.807, 2.05) is 30.3 Å². The molecule has 0 aliphatic heterocycles. The summed E-state index contributed by atoms with van der Waals surface area (Å²) in [5, 5.41) is 1.91. The van der Waals surface area contributed by atoms with Gasteiger partial charge in [-0.2, -0.15) is 0 Å². The highest BCUT2D eigenvalue weighted by Gasteiger charge is 2.14. The number of amides is 1. The van der Waals surface area contributed by atoms with Crippen molar-refractivity contribution in [1.29, 1.82) is 0 Å². The number of likely N-dealkylation sites (N-methyl/N-ethyl adjacent to an activating group) is 1. The summed E-state index contributed by atoms with van der Waals surface area (Å²) in [5.74, 6) is -0.178. The van der Waals surface area contributed by atoms with Gasteiger partial charge in [0.25, 0.3) is 0 Å². The Balaban J connectivity index is 2.78. The summed E-state index contributed by atoms with van der Waals surface area (Å²) >= 11 is 5.84. The first kappa shape index (κ1) is 9.07. The lowest BCUT2D eigenvalue weighted by Gasteiger charge is -2.06. The van der Waals surface area contributed by atoms with Crippen LogP contribution >= 0.6 is 11.6 Å². The molecular weight excluding hydrogens is 174 g/mol. The number of carbonyl (C=O) groups is 1. The molecule has 0 radical (unpaired) electrons. The Morgan fingerprint density at radius 2 is 2.00 bits per heavy atom. The Hall–Kier alpha value is -1.02. The standard InChI is InChI=1S/C9H10ClNO/c1-11-9(12)8(10)7-5-3-2-4-6-7/h2-6,8H,1H3,(H,11,12). The van der Waals surface area contributed by atoms with Crippen molar-refractivity contribution in [2.45, 2.75) is 5.38 Å². The van der Waals surface area contributed by atoms with Gasteiger partial charge in [-0.05, 0) is 5.56 Å². The third-order valence-electron chi connectivity index (χ3n) is 1.57. The van der Waals surface area contributed by atoms with Crippen molar-refractivity contribution >= 4 is 17.5 Å². The maximum Gasteiger partial charge on any atom is 0.242 e. The summed E-state index contributed by atoms with van der Waals surface area (Å²) in [5.41, 5.74) is 0.818. The maximum atomic E-state index is 11.1. The Labute approximate surface area is 76.5 Å². The van der Waals surface area contributed by atoms with Gasteiger partial charge in [0.15, 0.2) is 0 Å². The molecule has 1 amide bonds. The van der Waals surface area contributed by atoms with Crippen molar-refractivity contribution in [3.05, 3.63) is 35.9 Å². The van der Waals surface area contributed by atoms with Crippen LogP contribution in [0.2, 0.25) is 0 Å². The highest BCUT2D eigenvalue weighted by molar-refractivity contribution is 6.30. The van der Waals surface area contributed by atoms with E-state index in [1.165, 1.54) is 0 Å². The van der Waals surface area contributed by atoms with Crippen LogP contribution in [-0.2, 0) is 4.79 Å². The molecule has 1 aromatic carbocycles. The van der Waals surface area contributed by atoms with Gasteiger partial charge in [0.2, 0.25) is 5.91 Å². The summed E-state index contributed by atoms with van der Waals surface area (Å²) in [6.07, 6.45) is 0. The molecule has 0 saturated carbocycles. The van der Waals surface area contributed by atoms with E-state index in [-0.39, 0.29) is 5.91 Å². The van der Waals surface area contributed by atoms with Crippen molar-refractivity contribution in [1.82, 2.24) is 5.32 Å². The first-order chi connectivity index (χ1) is 5.75. The molecule has 1 unspecified atom stereocenters. The van der Waals surface area contributed by atoms with Gasteiger partial charge in [-0.15, -0.1) is 11.6 Å². The van der Waals surface area contributed by atoms with Crippen LogP contribution in [0.3, 0.4) is 0 Å². The van der Waals surface area contributed by atoms with E-state index in [1.54, 1.807) is 7.05 Å². The van der Waals surface area contributed by atoms with Crippen LogP contribution in [-0.4, -0.2) is 13.0 Å². The predicted octanol–water partition coefficient (Wildman–Crippen LogP) is 1.71. The fourth-order valence-corrected chi connectivity index (χ4v) is 1.15. The molecule has 1 N–H and O–H groups in total. The van der Waals surface area contributed by atoms with E-state index < -0.39 is 5.38 Å². The van der Waals surface area contributed by atoms with Crippen LogP contribution in [0, 0.1) is 0 Å². The minimum absolute atomic E-state index is 0.178. The molecule has 1 rings (SSSR count). The minimum Gasteiger partial charge on any atom is -0.358 e. The van der Waals surface area contributed by atoms with E-state index in [4.69, 9.17) is 11.6 Å². The Bertz CT molecular complexity index is 260. The van der Waals surface area contributed by atoms with E-state index in [0.29, 0.717) is 0 Å². The van der Waals surface area contributed by atoms with Crippen molar-refractivity contribution in [3.8, 4) is 0 Å². The highest BCUT2D eigenvalue weighted by atomic mass is 35.5. The topological polar surface area (TPSA) is 29.1 Å². The quantitative estimate of drug-likeness (QED) is 0.695. The zero-order chi connectivity index (χ0) is 8.97. The second-order valence-electron chi connectivity index (χ2n) is 2.39. The maximum absolute atomic E-state index is 11.1. The van der Waals surface area contributed by atoms with Crippen molar-refractivity contribution in [2.24, 2.45) is 0 Å². The van der Waals surface area contributed by atoms with Gasteiger partial charge in [0.05, 0.1) is 0 Å². The summed E-state index contributed by atoms with van der Waals surface area (Å²) in [6, 6.07) is 9.25. The smallest absolute Gasteiger partial charge is 0.242 e. The molecule has 64 valence electrons. The summed E-state index contributed by atoms with van der Waals surface area (Å²) in [6.45, 7) is 0. The van der Waals surface area contributed by atoms with Gasteiger partial charge in [-0.25, -0.2) is 0 Å². The van der Waals surface area contributed by atoms with Crippen LogP contribution in [0.15, 0.2) is 30.3 Å². The monoisotopic (exact) mass is 183 g/mol. The van der Waals surface area contributed by atoms with Gasteiger partial charge in [-0.1, -0.05) is 30.3 Å². The molecule has 0 aliphatic rings. The molecule has 2 nitrogen and oxygen atoms in total. The number of hydrogen-bond acceptors (Lipinski definition) is 1. The molecule has 0 fully saturated rings. The number of alkyl halides is 1. The fraction of sp³-hybridized carbons (Fsp3) is 0.222. The molecule has 12 heavy (non-hydrogen) atoms. The van der Waals surface area contributed by atoms with Crippen molar-refractivity contribution < 1.29 is 4.79 Å². The van der Waals surface area contributed by atoms with Gasteiger partial charge in [0.1, 0.15) is 5.38 Å². The molecular formula is C9H10ClNO. The third-order valence-corrected chi connectivity index (χ3v) is 2.02. The largest absolute Gasteiger partial charge is 0.358 e. The Morgan fingerprint density at radius 3 is 2.50 bits per heavy atom. The Kier molecular flexibility index (Phi) is 3.11. The summed E-state index contributed by atoms with van der Waals surface area (Å²) in [4.78, 5) is 11.1. The lowest BCUT2D eigenvalue weighted by Crippen LogP contribution is -2.22. The number of halogens is 1. The molecule has 3 heteroatoms. The SMILES string of the molecule is CNC(=O)C(Cl)c1ccccc1. The van der Waals surface area contributed by atoms with E-state index in [2.05, 4.69) is 5.32 Å². The van der Waals surface area contributed by atoms with E-state index in [0.717, 1.165) is 5.56 Å². The van der Waals surface area contributed by atoms with Crippen LogP contribution < -0.4 is 5.32 Å². The van der Waals surface area contributed by atoms with Crippen molar-refractivity contribution in [2.75, 3.05) is 7.05 Å². The number of nitrogens with one attached hydrogen (secondary N) is 1. The summed E-state index contributed by atoms with van der Waals surface area (Å²) < 4.78 is 0. The number of rotatable bonds is 2. The molecule has 0 heterocycles. The molecule has 1 aromatic rings. The van der Waals surface area contributed by atoms with Crippen LogP contribution in [0.1, 0.15) is 10.9 Å². The van der Waals surface area contributed by atoms with E-state index >= 15 is 0 Å². The second-order valence-corrected chi connectivity index (χ2v) is 2.82. The molecule has 0 saturated heterocycles. The van der Waals surface area contributed by atoms with Crippen molar-refractivity contribution in [3.63, 3.8) is 0 Å². The molecule has 0 aliphatic carbocycles. The molecule has 0 bridgehead atoms. The van der Waals surface area contributed by atoms with Crippen LogP contribution in [0.4, 0.5) is 0 Å². The average Bonchev–Trinajstić information content (AvgIpc) is 2.17. The number of benzene rings is 1. The average molecular weight is 184 g/mol. The molecule has 1 atom stereocenters. The lowest BCUT2D eigenvalue weighted by atomic mass is 10.1. The predicted molar refractivity (Wildman–Crippen MR) is 49.1 cm³/mol. The number of carbonyl (C=O) groups excluding carboxylic acids is 1. The lowest BCUT2D eigenvalue weighted by molar-refractivity contribution is -0.120. The highest BCUT2D eigenvalue weighted by Crippen LogP contribution is 2.19. The zero-order valence-corrected chi connectivity index (χ0v) is 7.51. The first-order valence-electron chi connectivity index (χ1n) is 3.66. The molecule has 0 spiro atoms. The fourth-order valence-electron chi connectivity index (χ4n) is 0.900. The van der Waals surface area contributed by atoms with Gasteiger partial charge < -0.3 is 5.32 Å². The molecule has 0 aromatic heterocycles. The van der Waals surface area contributed by atoms with E-state index in [9.17, 15) is 4.79 Å². The number of hydrogen-bond donors (Lipinski definition) is 1. The summed E-state index contributed by atoms with van der Waals surface area (Å²) in [7, 11) is 1.57. The van der Waals surface area contributed by atoms with Gasteiger partial charge in [-0.3, -0.25) is 4.79 Å². The normalized spacial score (nSPS) is 12.2. The minimum atomic E-state index is -0.587. The third kappa shape index (κ3) is 1.98. The van der Waals surface area contributed by atoms with Crippen LogP contribution in [0.25, 0.3) is 0 Å². The van der Waals surface area contributed by atoms with Gasteiger partial charge >= 0.3 is 0 Å². The van der Waals surface area contributed by atoms with Crippen LogP contribution in [0.5, 0.6) is 0 Å². The zero-order valence-electron chi connectivity index (χ0n) is 6.75. The Morgan fingerprint density at radius 1 is 1.42 bits per heavy atom. The van der Waals surface area contributed by atoms with Gasteiger partial charge in [0, 0.05) is 7.05 Å². The first-order valence-corrected chi connectivity index (χ1v) is 4.10.